The van der Waals surface area contributed by atoms with E-state index in [-0.39, 0.29) is 17.9 Å². The Balaban J connectivity index is 1.62. The summed E-state index contributed by atoms with van der Waals surface area (Å²) >= 11 is 1.29. The van der Waals surface area contributed by atoms with Gasteiger partial charge in [-0.1, -0.05) is 12.1 Å². The minimum absolute atomic E-state index is 0.0638. The van der Waals surface area contributed by atoms with Gasteiger partial charge in [-0.2, -0.15) is 5.26 Å². The van der Waals surface area contributed by atoms with Crippen molar-refractivity contribution in [2.75, 3.05) is 23.8 Å². The first kappa shape index (κ1) is 19.9. The first-order chi connectivity index (χ1) is 13.6. The van der Waals surface area contributed by atoms with Gasteiger partial charge in [0.25, 0.3) is 5.91 Å². The lowest BCUT2D eigenvalue weighted by molar-refractivity contribution is -0.116. The van der Waals surface area contributed by atoms with Crippen LogP contribution in [0, 0.1) is 11.3 Å². The smallest absolute Gasteiger partial charge is 0.253 e. The summed E-state index contributed by atoms with van der Waals surface area (Å²) in [7, 11) is 0. The van der Waals surface area contributed by atoms with Gasteiger partial charge in [-0.3, -0.25) is 9.59 Å². The molecule has 2 aromatic rings. The number of hydrogen-bond donors (Lipinski definition) is 3. The number of thiophene rings is 1. The molecular formula is C20H22N4O3S. The van der Waals surface area contributed by atoms with Crippen LogP contribution in [0.3, 0.4) is 0 Å². The second-order valence-electron chi connectivity index (χ2n) is 6.52. The highest BCUT2D eigenvalue weighted by atomic mass is 32.1. The normalized spacial score (nSPS) is 16.8. The van der Waals surface area contributed by atoms with E-state index in [1.165, 1.54) is 11.3 Å². The van der Waals surface area contributed by atoms with Gasteiger partial charge in [0.05, 0.1) is 17.2 Å². The van der Waals surface area contributed by atoms with E-state index in [4.69, 9.17) is 10.00 Å². The van der Waals surface area contributed by atoms with Gasteiger partial charge < -0.3 is 20.7 Å². The Morgan fingerprint density at radius 1 is 1.36 bits per heavy atom. The molecule has 146 valence electrons. The van der Waals surface area contributed by atoms with Crippen molar-refractivity contribution in [1.82, 2.24) is 5.32 Å². The molecule has 7 nitrogen and oxygen atoms in total. The standard InChI is InChI=1S/C20H22N4O3S/c1-13(18(25)24-20-14(11-21)8-10-28-20)23-17-7-3-2-6-16(17)19(26)22-12-15-5-4-9-27-15/h2-3,6-8,10,13,15,23H,4-5,9,12H2,1H3,(H,22,26)(H,24,25)/t13-,15+/m0/s1. The van der Waals surface area contributed by atoms with Crippen LogP contribution in [0.5, 0.6) is 0 Å². The van der Waals surface area contributed by atoms with Gasteiger partial charge in [0, 0.05) is 18.8 Å². The molecule has 0 radical (unpaired) electrons. The van der Waals surface area contributed by atoms with Crippen LogP contribution >= 0.6 is 11.3 Å². The number of anilines is 2. The molecule has 0 unspecified atom stereocenters. The van der Waals surface area contributed by atoms with Gasteiger partial charge in [-0.15, -0.1) is 11.3 Å². The zero-order valence-corrected chi connectivity index (χ0v) is 16.3. The third kappa shape index (κ3) is 4.88. The highest BCUT2D eigenvalue weighted by Gasteiger charge is 2.20. The molecule has 2 heterocycles. The number of nitrogens with zero attached hydrogens (tertiary/aromatic N) is 1. The first-order valence-corrected chi connectivity index (χ1v) is 10.00. The SMILES string of the molecule is C[C@H](Nc1ccccc1C(=O)NC[C@H]1CCCO1)C(=O)Nc1sccc1C#N. The van der Waals surface area contributed by atoms with E-state index >= 15 is 0 Å². The number of carbonyl (C=O) groups excluding carboxylic acids is 2. The Hall–Kier alpha value is -2.89. The molecule has 0 bridgehead atoms. The summed E-state index contributed by atoms with van der Waals surface area (Å²) in [5.41, 5.74) is 1.47. The molecule has 3 N–H and O–H groups in total. The molecule has 2 amide bonds. The van der Waals surface area contributed by atoms with E-state index in [0.29, 0.717) is 28.4 Å². The molecule has 28 heavy (non-hydrogen) atoms. The molecule has 8 heteroatoms. The van der Waals surface area contributed by atoms with E-state index in [9.17, 15) is 9.59 Å². The zero-order chi connectivity index (χ0) is 19.9. The number of rotatable bonds is 7. The predicted octanol–water partition coefficient (Wildman–Crippen LogP) is 2.97. The number of nitriles is 1. The summed E-state index contributed by atoms with van der Waals surface area (Å²) in [6.07, 6.45) is 2.03. The molecule has 1 aliphatic rings. The number of amides is 2. The fourth-order valence-corrected chi connectivity index (χ4v) is 3.67. The Bertz CT molecular complexity index is 884. The van der Waals surface area contributed by atoms with Crippen molar-refractivity contribution in [2.45, 2.75) is 31.9 Å². The molecule has 1 fully saturated rings. The molecule has 1 aromatic heterocycles. The maximum absolute atomic E-state index is 12.6. The monoisotopic (exact) mass is 398 g/mol. The van der Waals surface area contributed by atoms with E-state index in [2.05, 4.69) is 16.0 Å². The second-order valence-corrected chi connectivity index (χ2v) is 7.44. The van der Waals surface area contributed by atoms with Crippen molar-refractivity contribution in [2.24, 2.45) is 0 Å². The molecular weight excluding hydrogens is 376 g/mol. The van der Waals surface area contributed by atoms with Crippen molar-refractivity contribution in [1.29, 1.82) is 5.26 Å². The Kier molecular flexibility index (Phi) is 6.63. The highest BCUT2D eigenvalue weighted by Crippen LogP contribution is 2.23. The Morgan fingerprint density at radius 3 is 2.93 bits per heavy atom. The van der Waals surface area contributed by atoms with Crippen LogP contribution in [-0.2, 0) is 9.53 Å². The number of nitrogens with one attached hydrogen (secondary N) is 3. The summed E-state index contributed by atoms with van der Waals surface area (Å²) in [6.45, 7) is 2.91. The lowest BCUT2D eigenvalue weighted by atomic mass is 10.1. The van der Waals surface area contributed by atoms with Gasteiger partial charge >= 0.3 is 0 Å². The number of carbonyl (C=O) groups is 2. The topological polar surface area (TPSA) is 103 Å². The molecule has 1 aliphatic heterocycles. The average Bonchev–Trinajstić information content (AvgIpc) is 3.38. The van der Waals surface area contributed by atoms with Crippen molar-refractivity contribution in [3.63, 3.8) is 0 Å². The van der Waals surface area contributed by atoms with Crippen molar-refractivity contribution in [3.05, 3.63) is 46.8 Å². The summed E-state index contributed by atoms with van der Waals surface area (Å²) in [4.78, 5) is 25.0. The molecule has 0 spiro atoms. The number of para-hydroxylation sites is 1. The van der Waals surface area contributed by atoms with Crippen LogP contribution in [0.4, 0.5) is 10.7 Å². The largest absolute Gasteiger partial charge is 0.376 e. The van der Waals surface area contributed by atoms with Gasteiger partial charge in [-0.05, 0) is 43.3 Å². The maximum Gasteiger partial charge on any atom is 0.253 e. The van der Waals surface area contributed by atoms with E-state index < -0.39 is 6.04 Å². The Morgan fingerprint density at radius 2 is 2.18 bits per heavy atom. The maximum atomic E-state index is 12.6. The van der Waals surface area contributed by atoms with E-state index in [1.807, 2.05) is 6.07 Å². The first-order valence-electron chi connectivity index (χ1n) is 9.12. The molecule has 1 aromatic carbocycles. The third-order valence-electron chi connectivity index (χ3n) is 4.47. The fourth-order valence-electron chi connectivity index (χ4n) is 2.93. The van der Waals surface area contributed by atoms with Crippen LogP contribution < -0.4 is 16.0 Å². The van der Waals surface area contributed by atoms with Crippen LogP contribution in [0.15, 0.2) is 35.7 Å². The second kappa shape index (κ2) is 9.35. The Labute approximate surface area is 167 Å². The van der Waals surface area contributed by atoms with Crippen LogP contribution in [0.25, 0.3) is 0 Å². The number of hydrogen-bond acceptors (Lipinski definition) is 6. The molecule has 3 rings (SSSR count). The predicted molar refractivity (Wildman–Crippen MR) is 108 cm³/mol. The molecule has 2 atom stereocenters. The lowest BCUT2D eigenvalue weighted by Crippen LogP contribution is -2.34. The summed E-state index contributed by atoms with van der Waals surface area (Å²) in [6, 6.07) is 10.2. The molecule has 0 aliphatic carbocycles. The summed E-state index contributed by atoms with van der Waals surface area (Å²) < 4.78 is 5.53. The zero-order valence-electron chi connectivity index (χ0n) is 15.5. The van der Waals surface area contributed by atoms with E-state index in [0.717, 1.165) is 19.4 Å². The van der Waals surface area contributed by atoms with Crippen LogP contribution in [-0.4, -0.2) is 37.1 Å². The van der Waals surface area contributed by atoms with Gasteiger partial charge in [0.1, 0.15) is 17.1 Å². The minimum atomic E-state index is -0.597. The molecule has 1 saturated heterocycles. The van der Waals surface area contributed by atoms with Gasteiger partial charge in [0.2, 0.25) is 5.91 Å². The highest BCUT2D eigenvalue weighted by molar-refractivity contribution is 7.14. The van der Waals surface area contributed by atoms with Crippen LogP contribution in [0.1, 0.15) is 35.7 Å². The van der Waals surface area contributed by atoms with Gasteiger partial charge in [-0.25, -0.2) is 0 Å². The van der Waals surface area contributed by atoms with E-state index in [1.54, 1.807) is 42.6 Å². The third-order valence-corrected chi connectivity index (χ3v) is 5.30. The van der Waals surface area contributed by atoms with Crippen LogP contribution in [0.2, 0.25) is 0 Å². The quantitative estimate of drug-likeness (QED) is 0.665. The summed E-state index contributed by atoms with van der Waals surface area (Å²) in [5.74, 6) is -0.496. The van der Waals surface area contributed by atoms with Crippen molar-refractivity contribution >= 4 is 33.8 Å². The lowest BCUT2D eigenvalue weighted by Gasteiger charge is -2.18. The fraction of sp³-hybridized carbons (Fsp3) is 0.350. The number of ether oxygens (including phenoxy) is 1. The van der Waals surface area contributed by atoms with Gasteiger partial charge in [0.15, 0.2) is 0 Å². The average molecular weight is 398 g/mol. The summed E-state index contributed by atoms with van der Waals surface area (Å²) in [5, 5.41) is 20.1. The number of benzene rings is 1. The molecule has 0 saturated carbocycles. The van der Waals surface area contributed by atoms with Crippen molar-refractivity contribution in [3.8, 4) is 6.07 Å². The minimum Gasteiger partial charge on any atom is -0.376 e. The van der Waals surface area contributed by atoms with Crippen molar-refractivity contribution < 1.29 is 14.3 Å².